The first-order valence-corrected chi connectivity index (χ1v) is 11.6. The second-order valence-corrected chi connectivity index (χ2v) is 10.3. The molecule has 1 amide bonds. The van der Waals surface area contributed by atoms with Crippen molar-refractivity contribution in [1.29, 1.82) is 0 Å². The Bertz CT molecular complexity index is 929. The lowest BCUT2D eigenvalue weighted by Crippen LogP contribution is -2.71. The highest BCUT2D eigenvalue weighted by Gasteiger charge is 2.71. The van der Waals surface area contributed by atoms with Crippen molar-refractivity contribution >= 4 is 12.1 Å². The van der Waals surface area contributed by atoms with Gasteiger partial charge in [-0.05, 0) is 42.2 Å². The number of hydrogen-bond acceptors (Lipinski definition) is 3. The van der Waals surface area contributed by atoms with Gasteiger partial charge >= 0.3 is 0 Å². The average molecular weight is 416 g/mol. The number of nitrogens with two attached hydrogens (primary N) is 1. The van der Waals surface area contributed by atoms with Gasteiger partial charge in [-0.25, -0.2) is 0 Å². The Morgan fingerprint density at radius 3 is 2.16 bits per heavy atom. The lowest BCUT2D eigenvalue weighted by molar-refractivity contribution is -0.136. The molecule has 1 saturated carbocycles. The predicted octanol–water partition coefficient (Wildman–Crippen LogP) is 3.74. The van der Waals surface area contributed by atoms with Crippen LogP contribution in [0.15, 0.2) is 65.7 Å². The highest BCUT2D eigenvalue weighted by Crippen LogP contribution is 2.61. The van der Waals surface area contributed by atoms with Crippen molar-refractivity contribution in [2.24, 2.45) is 33.9 Å². The second-order valence-electron chi connectivity index (χ2n) is 10.3. The molecule has 4 unspecified atom stereocenters. The van der Waals surface area contributed by atoms with Crippen LogP contribution < -0.4 is 5.73 Å². The summed E-state index contributed by atoms with van der Waals surface area (Å²) in [5.74, 6) is 1.18. The van der Waals surface area contributed by atoms with Crippen LogP contribution in [-0.2, 0) is 17.6 Å². The van der Waals surface area contributed by atoms with Crippen molar-refractivity contribution in [1.82, 2.24) is 4.90 Å². The SMILES string of the molecule is CC(C)CN1CC2CC3(C(N)=O)N=CC2C1C3(Cc1ccccc1)Cc1ccccc1. The molecule has 0 radical (unpaired) electrons. The van der Waals surface area contributed by atoms with Crippen LogP contribution in [0.5, 0.6) is 0 Å². The van der Waals surface area contributed by atoms with Crippen molar-refractivity contribution in [3.8, 4) is 0 Å². The average Bonchev–Trinajstić information content (AvgIpc) is 3.06. The highest BCUT2D eigenvalue weighted by atomic mass is 16.1. The van der Waals surface area contributed by atoms with E-state index in [9.17, 15) is 4.79 Å². The van der Waals surface area contributed by atoms with Crippen LogP contribution in [0.25, 0.3) is 0 Å². The smallest absolute Gasteiger partial charge is 0.245 e. The molecule has 4 bridgehead atoms. The third kappa shape index (κ3) is 3.15. The Morgan fingerprint density at radius 1 is 1.06 bits per heavy atom. The summed E-state index contributed by atoms with van der Waals surface area (Å²) in [6, 6.07) is 21.5. The van der Waals surface area contributed by atoms with E-state index in [2.05, 4.69) is 85.6 Å². The van der Waals surface area contributed by atoms with Crippen LogP contribution in [-0.4, -0.2) is 41.7 Å². The molecule has 2 fully saturated rings. The third-order valence-electron chi connectivity index (χ3n) is 7.92. The molecule has 2 aromatic carbocycles. The Labute approximate surface area is 185 Å². The van der Waals surface area contributed by atoms with E-state index in [0.717, 1.165) is 32.4 Å². The molecule has 1 aliphatic carbocycles. The summed E-state index contributed by atoms with van der Waals surface area (Å²) < 4.78 is 0. The van der Waals surface area contributed by atoms with Crippen LogP contribution in [0.3, 0.4) is 0 Å². The molecular weight excluding hydrogens is 382 g/mol. The number of nitrogens with zero attached hydrogens (tertiary/aromatic N) is 2. The van der Waals surface area contributed by atoms with Crippen LogP contribution in [0, 0.1) is 23.2 Å². The number of carbonyl (C=O) groups excluding carboxylic acids is 1. The van der Waals surface area contributed by atoms with Crippen molar-refractivity contribution in [2.45, 2.75) is 44.7 Å². The van der Waals surface area contributed by atoms with Crippen LogP contribution in [0.1, 0.15) is 31.4 Å². The van der Waals surface area contributed by atoms with E-state index in [1.165, 1.54) is 11.1 Å². The zero-order valence-electron chi connectivity index (χ0n) is 18.6. The van der Waals surface area contributed by atoms with E-state index in [0.29, 0.717) is 17.8 Å². The van der Waals surface area contributed by atoms with Gasteiger partial charge in [-0.2, -0.15) is 0 Å². The minimum Gasteiger partial charge on any atom is -0.368 e. The zero-order valence-corrected chi connectivity index (χ0v) is 18.6. The molecule has 4 atom stereocenters. The summed E-state index contributed by atoms with van der Waals surface area (Å²) in [4.78, 5) is 20.9. The minimum atomic E-state index is -0.853. The van der Waals surface area contributed by atoms with E-state index in [-0.39, 0.29) is 17.4 Å². The van der Waals surface area contributed by atoms with Crippen molar-refractivity contribution in [3.63, 3.8) is 0 Å². The van der Waals surface area contributed by atoms with E-state index in [4.69, 9.17) is 10.7 Å². The van der Waals surface area contributed by atoms with Gasteiger partial charge in [0.15, 0.2) is 0 Å². The summed E-state index contributed by atoms with van der Waals surface area (Å²) in [5, 5.41) is 0. The molecule has 2 N–H and O–H groups in total. The Hall–Kier alpha value is -2.46. The van der Waals surface area contributed by atoms with Crippen molar-refractivity contribution in [3.05, 3.63) is 71.8 Å². The third-order valence-corrected chi connectivity index (χ3v) is 7.92. The number of aliphatic imine (C=N–C) groups is 1. The molecular formula is C27H33N3O. The van der Waals surface area contributed by atoms with Gasteiger partial charge < -0.3 is 5.73 Å². The first-order valence-electron chi connectivity index (χ1n) is 11.6. The fourth-order valence-corrected chi connectivity index (χ4v) is 6.93. The van der Waals surface area contributed by atoms with E-state index in [1.807, 2.05) is 0 Å². The number of hydrogen-bond donors (Lipinski definition) is 1. The number of carbonyl (C=O) groups is 1. The molecule has 0 spiro atoms. The normalized spacial score (nSPS) is 30.7. The molecule has 1 saturated heterocycles. The lowest BCUT2D eigenvalue weighted by atomic mass is 9.49. The molecule has 3 heterocycles. The highest BCUT2D eigenvalue weighted by molar-refractivity contribution is 5.91. The molecule has 4 aliphatic rings. The lowest BCUT2D eigenvalue weighted by Gasteiger charge is -2.59. The van der Waals surface area contributed by atoms with Gasteiger partial charge in [0.2, 0.25) is 5.91 Å². The summed E-state index contributed by atoms with van der Waals surface area (Å²) in [7, 11) is 0. The van der Waals surface area contributed by atoms with Crippen molar-refractivity contribution in [2.75, 3.05) is 13.1 Å². The predicted molar refractivity (Wildman–Crippen MR) is 125 cm³/mol. The minimum absolute atomic E-state index is 0.254. The Balaban J connectivity index is 1.70. The standard InChI is InChI=1S/C27H33N3O/c1-19(2)17-30-18-22-15-27(25(28)31)26(24(30)23(22)16-29-27,13-20-9-5-3-6-10-20)14-21-11-7-4-8-12-21/h3-12,16,19,22-24H,13-15,17-18H2,1-2H3,(H2,28,31). The summed E-state index contributed by atoms with van der Waals surface area (Å²) in [6.07, 6.45) is 4.49. The Morgan fingerprint density at radius 2 is 1.65 bits per heavy atom. The summed E-state index contributed by atoms with van der Waals surface area (Å²) in [5.41, 5.74) is 7.56. The van der Waals surface area contributed by atoms with Gasteiger partial charge in [0.1, 0.15) is 5.54 Å². The van der Waals surface area contributed by atoms with Gasteiger partial charge in [-0.15, -0.1) is 0 Å². The molecule has 4 heteroatoms. The van der Waals surface area contributed by atoms with Crippen LogP contribution >= 0.6 is 0 Å². The quantitative estimate of drug-likeness (QED) is 0.749. The van der Waals surface area contributed by atoms with Gasteiger partial charge in [-0.3, -0.25) is 14.7 Å². The molecule has 6 rings (SSSR count). The molecule has 4 nitrogen and oxygen atoms in total. The van der Waals surface area contributed by atoms with E-state index in [1.54, 1.807) is 0 Å². The maximum absolute atomic E-state index is 13.3. The zero-order chi connectivity index (χ0) is 21.6. The largest absolute Gasteiger partial charge is 0.368 e. The number of primary amides is 1. The topological polar surface area (TPSA) is 58.7 Å². The first-order chi connectivity index (χ1) is 14.9. The van der Waals surface area contributed by atoms with Crippen molar-refractivity contribution < 1.29 is 4.79 Å². The summed E-state index contributed by atoms with van der Waals surface area (Å²) >= 11 is 0. The molecule has 31 heavy (non-hydrogen) atoms. The van der Waals surface area contributed by atoms with E-state index < -0.39 is 5.54 Å². The van der Waals surface area contributed by atoms with E-state index >= 15 is 0 Å². The van der Waals surface area contributed by atoms with Gasteiger partial charge in [0.25, 0.3) is 0 Å². The molecule has 162 valence electrons. The fourth-order valence-electron chi connectivity index (χ4n) is 6.93. The second kappa shape index (κ2) is 7.59. The molecule has 0 aromatic heterocycles. The first kappa shape index (κ1) is 20.4. The maximum atomic E-state index is 13.3. The van der Waals surface area contributed by atoms with Crippen LogP contribution in [0.2, 0.25) is 0 Å². The Kier molecular flexibility index (Phi) is 5.01. The van der Waals surface area contributed by atoms with Gasteiger partial charge in [0.05, 0.1) is 0 Å². The number of benzene rings is 2. The summed E-state index contributed by atoms with van der Waals surface area (Å²) in [6.45, 7) is 6.66. The number of amides is 1. The van der Waals surface area contributed by atoms with Crippen LogP contribution in [0.4, 0.5) is 0 Å². The molecule has 3 aliphatic heterocycles. The van der Waals surface area contributed by atoms with Gasteiger partial charge in [-0.1, -0.05) is 74.5 Å². The van der Waals surface area contributed by atoms with Gasteiger partial charge in [0, 0.05) is 36.7 Å². The monoisotopic (exact) mass is 415 g/mol. The fraction of sp³-hybridized carbons (Fsp3) is 0.481. The number of likely N-dealkylation sites (tertiary alicyclic amines) is 1. The molecule has 2 aromatic rings. The number of rotatable bonds is 7. The maximum Gasteiger partial charge on any atom is 0.245 e.